The quantitative estimate of drug-likeness (QED) is 0.675. The molecule has 20 heavy (non-hydrogen) atoms. The van der Waals surface area contributed by atoms with E-state index in [0.717, 1.165) is 4.31 Å². The molecule has 1 aromatic heterocycles. The Bertz CT molecular complexity index is 611. The lowest BCUT2D eigenvalue weighted by atomic mass is 10.2. The Balaban J connectivity index is 2.40. The standard InChI is InChI=1S/C10H17N5O4S/c1-12-10(16)7-6-19-4-3-15(7)20(17,18)8-5-14(2)13-9(8)11/h5,7H,3-4,6H2,1-2H3,(H2,11,13)(H,12,16). The van der Waals surface area contributed by atoms with E-state index in [-0.39, 0.29) is 30.5 Å². The second-order valence-corrected chi connectivity index (χ2v) is 6.23. The van der Waals surface area contributed by atoms with Gasteiger partial charge in [-0.15, -0.1) is 0 Å². The van der Waals surface area contributed by atoms with E-state index in [1.54, 1.807) is 7.05 Å². The van der Waals surface area contributed by atoms with Crippen LogP contribution in [0.4, 0.5) is 5.82 Å². The maximum Gasteiger partial charge on any atom is 0.249 e. The molecule has 1 fully saturated rings. The Kier molecular flexibility index (Phi) is 3.97. The number of carbonyl (C=O) groups excluding carboxylic acids is 1. The molecular formula is C10H17N5O4S. The summed E-state index contributed by atoms with van der Waals surface area (Å²) in [6.07, 6.45) is 1.32. The van der Waals surface area contributed by atoms with Crippen molar-refractivity contribution >= 4 is 21.7 Å². The number of nitrogens with two attached hydrogens (primary N) is 1. The summed E-state index contributed by atoms with van der Waals surface area (Å²) in [6.45, 7) is 0.334. The van der Waals surface area contributed by atoms with E-state index in [1.807, 2.05) is 0 Å². The summed E-state index contributed by atoms with van der Waals surface area (Å²) >= 11 is 0. The number of nitrogens with one attached hydrogen (secondary N) is 1. The van der Waals surface area contributed by atoms with Crippen molar-refractivity contribution in [2.24, 2.45) is 7.05 Å². The number of carbonyl (C=O) groups is 1. The van der Waals surface area contributed by atoms with Crippen molar-refractivity contribution in [2.75, 3.05) is 32.5 Å². The molecule has 1 saturated heterocycles. The molecule has 1 atom stereocenters. The van der Waals surface area contributed by atoms with Crippen molar-refractivity contribution in [1.29, 1.82) is 0 Å². The van der Waals surface area contributed by atoms with Gasteiger partial charge in [-0.1, -0.05) is 0 Å². The van der Waals surface area contributed by atoms with Gasteiger partial charge in [0.1, 0.15) is 10.9 Å². The van der Waals surface area contributed by atoms with Crippen molar-refractivity contribution in [2.45, 2.75) is 10.9 Å². The van der Waals surface area contributed by atoms with E-state index in [4.69, 9.17) is 10.5 Å². The Labute approximate surface area is 116 Å². The maximum absolute atomic E-state index is 12.6. The molecule has 112 valence electrons. The summed E-state index contributed by atoms with van der Waals surface area (Å²) in [5.41, 5.74) is 5.62. The minimum atomic E-state index is -3.89. The summed E-state index contributed by atoms with van der Waals surface area (Å²) in [4.78, 5) is 11.7. The van der Waals surface area contributed by atoms with Gasteiger partial charge in [0.05, 0.1) is 13.2 Å². The van der Waals surface area contributed by atoms with Crippen LogP contribution in [-0.2, 0) is 26.6 Å². The van der Waals surface area contributed by atoms with E-state index in [9.17, 15) is 13.2 Å². The number of nitrogen functional groups attached to an aromatic ring is 1. The number of aromatic nitrogens is 2. The SMILES string of the molecule is CNC(=O)C1COCCN1S(=O)(=O)c1cn(C)nc1N. The minimum absolute atomic E-state index is 0.0130. The van der Waals surface area contributed by atoms with Crippen LogP contribution in [0, 0.1) is 0 Å². The summed E-state index contributed by atoms with van der Waals surface area (Å²) in [5.74, 6) is -0.509. The third-order valence-corrected chi connectivity index (χ3v) is 4.96. The molecule has 0 saturated carbocycles. The third-order valence-electron chi connectivity index (χ3n) is 3.04. The van der Waals surface area contributed by atoms with Gasteiger partial charge in [-0.3, -0.25) is 9.48 Å². The van der Waals surface area contributed by atoms with Crippen molar-refractivity contribution in [1.82, 2.24) is 19.4 Å². The van der Waals surface area contributed by atoms with E-state index < -0.39 is 22.0 Å². The number of likely N-dealkylation sites (N-methyl/N-ethyl adjacent to an activating group) is 1. The monoisotopic (exact) mass is 303 g/mol. The number of morpholine rings is 1. The molecule has 10 heteroatoms. The highest BCUT2D eigenvalue weighted by molar-refractivity contribution is 7.89. The average molecular weight is 303 g/mol. The molecular weight excluding hydrogens is 286 g/mol. The number of ether oxygens (including phenoxy) is 1. The number of nitrogens with zero attached hydrogens (tertiary/aromatic N) is 3. The van der Waals surface area contributed by atoms with Crippen molar-refractivity contribution in [3.63, 3.8) is 0 Å². The number of aryl methyl sites for hydroxylation is 1. The molecule has 1 aliphatic rings. The largest absolute Gasteiger partial charge is 0.381 e. The fourth-order valence-corrected chi connectivity index (χ4v) is 3.71. The smallest absolute Gasteiger partial charge is 0.249 e. The van der Waals surface area contributed by atoms with Gasteiger partial charge in [-0.05, 0) is 0 Å². The number of anilines is 1. The molecule has 1 aromatic rings. The van der Waals surface area contributed by atoms with E-state index in [1.165, 1.54) is 17.9 Å². The molecule has 0 radical (unpaired) electrons. The van der Waals surface area contributed by atoms with Crippen LogP contribution in [0.1, 0.15) is 0 Å². The van der Waals surface area contributed by atoms with E-state index in [2.05, 4.69) is 10.4 Å². The Hall–Kier alpha value is -1.65. The molecule has 2 rings (SSSR count). The van der Waals surface area contributed by atoms with Crippen LogP contribution in [0.25, 0.3) is 0 Å². The summed E-state index contributed by atoms with van der Waals surface area (Å²) < 4.78 is 32.8. The lowest BCUT2D eigenvalue weighted by Gasteiger charge is -2.32. The predicted molar refractivity (Wildman–Crippen MR) is 70.2 cm³/mol. The van der Waals surface area contributed by atoms with Crippen LogP contribution in [0.2, 0.25) is 0 Å². The molecule has 1 unspecified atom stereocenters. The Morgan fingerprint density at radius 3 is 2.85 bits per heavy atom. The molecule has 1 amide bonds. The average Bonchev–Trinajstić information content (AvgIpc) is 2.77. The zero-order chi connectivity index (χ0) is 14.9. The van der Waals surface area contributed by atoms with E-state index >= 15 is 0 Å². The highest BCUT2D eigenvalue weighted by Crippen LogP contribution is 2.24. The first kappa shape index (κ1) is 14.8. The van der Waals surface area contributed by atoms with E-state index in [0.29, 0.717) is 0 Å². The second kappa shape index (κ2) is 5.38. The fraction of sp³-hybridized carbons (Fsp3) is 0.600. The number of amides is 1. The first-order chi connectivity index (χ1) is 9.37. The van der Waals surface area contributed by atoms with Gasteiger partial charge in [-0.25, -0.2) is 8.42 Å². The molecule has 1 aliphatic heterocycles. The predicted octanol–water partition coefficient (Wildman–Crippen LogP) is -1.86. The summed E-state index contributed by atoms with van der Waals surface area (Å²) in [5, 5.41) is 6.25. The zero-order valence-corrected chi connectivity index (χ0v) is 12.1. The summed E-state index contributed by atoms with van der Waals surface area (Å²) in [6, 6.07) is -0.904. The van der Waals surface area contributed by atoms with Crippen LogP contribution >= 0.6 is 0 Å². The highest BCUT2D eigenvalue weighted by Gasteiger charge is 2.39. The Morgan fingerprint density at radius 2 is 2.30 bits per heavy atom. The molecule has 0 bridgehead atoms. The second-order valence-electron chi connectivity index (χ2n) is 4.37. The molecule has 9 nitrogen and oxygen atoms in total. The van der Waals surface area contributed by atoms with Gasteiger partial charge in [0.15, 0.2) is 5.82 Å². The minimum Gasteiger partial charge on any atom is -0.381 e. The topological polar surface area (TPSA) is 120 Å². The number of rotatable bonds is 3. The lowest BCUT2D eigenvalue weighted by Crippen LogP contribution is -2.55. The molecule has 0 aliphatic carbocycles. The van der Waals surface area contributed by atoms with Gasteiger partial charge >= 0.3 is 0 Å². The van der Waals surface area contributed by atoms with Gasteiger partial charge in [0.2, 0.25) is 15.9 Å². The zero-order valence-electron chi connectivity index (χ0n) is 11.2. The number of hydrogen-bond donors (Lipinski definition) is 2. The van der Waals surface area contributed by atoms with Crippen molar-refractivity contribution < 1.29 is 17.9 Å². The van der Waals surface area contributed by atoms with Gasteiger partial charge in [-0.2, -0.15) is 9.40 Å². The van der Waals surface area contributed by atoms with Crippen LogP contribution in [0.5, 0.6) is 0 Å². The summed E-state index contributed by atoms with van der Waals surface area (Å²) in [7, 11) is -0.873. The van der Waals surface area contributed by atoms with Crippen LogP contribution in [0.15, 0.2) is 11.1 Å². The van der Waals surface area contributed by atoms with Crippen molar-refractivity contribution in [3.8, 4) is 0 Å². The molecule has 0 aromatic carbocycles. The van der Waals surface area contributed by atoms with Crippen molar-refractivity contribution in [3.05, 3.63) is 6.20 Å². The normalized spacial score (nSPS) is 20.8. The van der Waals surface area contributed by atoms with Crippen LogP contribution in [-0.4, -0.2) is 61.3 Å². The Morgan fingerprint density at radius 1 is 1.60 bits per heavy atom. The lowest BCUT2D eigenvalue weighted by molar-refractivity contribution is -0.128. The molecule has 3 N–H and O–H groups in total. The number of hydrogen-bond acceptors (Lipinski definition) is 6. The van der Waals surface area contributed by atoms with Gasteiger partial charge < -0.3 is 15.8 Å². The number of sulfonamides is 1. The first-order valence-corrected chi connectivity index (χ1v) is 7.42. The fourth-order valence-electron chi connectivity index (χ4n) is 2.06. The first-order valence-electron chi connectivity index (χ1n) is 5.98. The van der Waals surface area contributed by atoms with Crippen LogP contribution in [0.3, 0.4) is 0 Å². The highest BCUT2D eigenvalue weighted by atomic mass is 32.2. The third kappa shape index (κ3) is 2.49. The van der Waals surface area contributed by atoms with Gasteiger partial charge in [0, 0.05) is 26.8 Å². The van der Waals surface area contributed by atoms with Crippen LogP contribution < -0.4 is 11.1 Å². The maximum atomic E-state index is 12.6. The van der Waals surface area contributed by atoms with Gasteiger partial charge in [0.25, 0.3) is 0 Å². The molecule has 2 heterocycles. The molecule has 0 spiro atoms.